The van der Waals surface area contributed by atoms with E-state index in [2.05, 4.69) is 25.4 Å². The lowest BCUT2D eigenvalue weighted by Gasteiger charge is -2.30. The second-order valence-corrected chi connectivity index (χ2v) is 4.29. The van der Waals surface area contributed by atoms with Crippen molar-refractivity contribution in [2.75, 3.05) is 24.4 Å². The zero-order valence-electron chi connectivity index (χ0n) is 8.32. The summed E-state index contributed by atoms with van der Waals surface area (Å²) in [6.45, 7) is 5.45. The van der Waals surface area contributed by atoms with Gasteiger partial charge >= 0.3 is 0 Å². The van der Waals surface area contributed by atoms with E-state index < -0.39 is 0 Å². The minimum Gasteiger partial charge on any atom is -0.309 e. The molecule has 0 spiro atoms. The molecule has 0 aliphatic heterocycles. The average Bonchev–Trinajstić information content (AvgIpc) is 2.14. The lowest BCUT2D eigenvalue weighted by Crippen LogP contribution is -2.46. The minimum absolute atomic E-state index is 0.178. The molecule has 0 aliphatic rings. The first kappa shape index (κ1) is 12.6. The molecule has 0 rings (SSSR count). The van der Waals surface area contributed by atoms with Gasteiger partial charge in [0.2, 0.25) is 0 Å². The number of hydrogen-bond acceptors (Lipinski definition) is 2. The number of halogens is 1. The van der Waals surface area contributed by atoms with Crippen LogP contribution in [0.15, 0.2) is 0 Å². The maximum absolute atomic E-state index is 5.93. The van der Waals surface area contributed by atoms with Crippen molar-refractivity contribution >= 4 is 23.4 Å². The van der Waals surface area contributed by atoms with E-state index in [1.807, 2.05) is 11.8 Å². The largest absolute Gasteiger partial charge is 0.309 e. The maximum Gasteiger partial charge on any atom is 0.0405 e. The second-order valence-electron chi connectivity index (χ2n) is 3.04. The second kappa shape index (κ2) is 7.05. The van der Waals surface area contributed by atoms with Gasteiger partial charge in [0.1, 0.15) is 0 Å². The van der Waals surface area contributed by atoms with Crippen LogP contribution in [-0.4, -0.2) is 30.0 Å². The standard InChI is InChI=1S/C9H20ClNS/c1-4-9(5-2,8-10)11-6-7-12-3/h11H,4-8H2,1-3H3. The smallest absolute Gasteiger partial charge is 0.0405 e. The van der Waals surface area contributed by atoms with Gasteiger partial charge in [-0.3, -0.25) is 0 Å². The van der Waals surface area contributed by atoms with Crippen LogP contribution in [0.4, 0.5) is 0 Å². The zero-order valence-corrected chi connectivity index (χ0v) is 9.89. The van der Waals surface area contributed by atoms with Crippen LogP contribution in [0.1, 0.15) is 26.7 Å². The van der Waals surface area contributed by atoms with Crippen molar-refractivity contribution in [2.24, 2.45) is 0 Å². The summed E-state index contributed by atoms with van der Waals surface area (Å²) in [6.07, 6.45) is 4.35. The van der Waals surface area contributed by atoms with Gasteiger partial charge in [0.15, 0.2) is 0 Å². The van der Waals surface area contributed by atoms with Crippen molar-refractivity contribution < 1.29 is 0 Å². The van der Waals surface area contributed by atoms with Gasteiger partial charge in [-0.1, -0.05) is 13.8 Å². The van der Waals surface area contributed by atoms with Gasteiger partial charge in [0, 0.05) is 23.7 Å². The lowest BCUT2D eigenvalue weighted by atomic mass is 9.95. The van der Waals surface area contributed by atoms with Crippen LogP contribution in [0.3, 0.4) is 0 Å². The Morgan fingerprint density at radius 3 is 2.25 bits per heavy atom. The summed E-state index contributed by atoms with van der Waals surface area (Å²) >= 11 is 7.80. The summed E-state index contributed by atoms with van der Waals surface area (Å²) in [5.41, 5.74) is 0.178. The monoisotopic (exact) mass is 209 g/mol. The van der Waals surface area contributed by atoms with Crippen LogP contribution < -0.4 is 5.32 Å². The fourth-order valence-electron chi connectivity index (χ4n) is 1.15. The predicted octanol–water partition coefficient (Wildman–Crippen LogP) is 2.74. The quantitative estimate of drug-likeness (QED) is 0.511. The van der Waals surface area contributed by atoms with Crippen molar-refractivity contribution in [1.29, 1.82) is 0 Å². The number of thioether (sulfide) groups is 1. The highest BCUT2D eigenvalue weighted by atomic mass is 35.5. The molecule has 0 bridgehead atoms. The van der Waals surface area contributed by atoms with Crippen LogP contribution >= 0.6 is 23.4 Å². The van der Waals surface area contributed by atoms with Crippen molar-refractivity contribution in [3.8, 4) is 0 Å². The topological polar surface area (TPSA) is 12.0 Å². The first-order valence-corrected chi connectivity index (χ1v) is 6.47. The molecular formula is C9H20ClNS. The summed E-state index contributed by atoms with van der Waals surface area (Å²) in [7, 11) is 0. The fraction of sp³-hybridized carbons (Fsp3) is 1.00. The number of nitrogens with one attached hydrogen (secondary N) is 1. The molecule has 0 atom stereocenters. The first-order chi connectivity index (χ1) is 5.74. The predicted molar refractivity (Wildman–Crippen MR) is 60.4 cm³/mol. The van der Waals surface area contributed by atoms with Crippen LogP contribution in [0.2, 0.25) is 0 Å². The average molecular weight is 210 g/mol. The van der Waals surface area contributed by atoms with E-state index in [0.717, 1.165) is 19.4 Å². The van der Waals surface area contributed by atoms with E-state index in [9.17, 15) is 0 Å². The summed E-state index contributed by atoms with van der Waals surface area (Å²) in [5, 5.41) is 3.53. The molecule has 0 heterocycles. The molecule has 0 fully saturated rings. The molecule has 0 aromatic rings. The third kappa shape index (κ3) is 4.01. The molecule has 12 heavy (non-hydrogen) atoms. The maximum atomic E-state index is 5.93. The van der Waals surface area contributed by atoms with E-state index in [1.54, 1.807) is 0 Å². The molecule has 1 nitrogen and oxygen atoms in total. The molecule has 0 aromatic carbocycles. The molecule has 0 saturated heterocycles. The van der Waals surface area contributed by atoms with E-state index in [4.69, 9.17) is 11.6 Å². The number of alkyl halides is 1. The Kier molecular flexibility index (Phi) is 7.40. The molecule has 0 aromatic heterocycles. The highest BCUT2D eigenvalue weighted by molar-refractivity contribution is 7.98. The lowest BCUT2D eigenvalue weighted by molar-refractivity contribution is 0.346. The van der Waals surface area contributed by atoms with Crippen molar-refractivity contribution in [1.82, 2.24) is 5.32 Å². The normalized spacial score (nSPS) is 12.0. The summed E-state index contributed by atoms with van der Waals surface area (Å²) in [6, 6.07) is 0. The third-order valence-electron chi connectivity index (χ3n) is 2.42. The molecule has 0 aliphatic carbocycles. The summed E-state index contributed by atoms with van der Waals surface area (Å²) in [5.74, 6) is 1.88. The highest BCUT2D eigenvalue weighted by Gasteiger charge is 2.23. The van der Waals surface area contributed by atoms with Gasteiger partial charge in [-0.25, -0.2) is 0 Å². The molecular weight excluding hydrogens is 190 g/mol. The molecule has 0 unspecified atom stereocenters. The third-order valence-corrected chi connectivity index (χ3v) is 3.54. The Labute approximate surface area is 85.6 Å². The van der Waals surface area contributed by atoms with Crippen molar-refractivity contribution in [3.05, 3.63) is 0 Å². The van der Waals surface area contributed by atoms with Gasteiger partial charge in [0.05, 0.1) is 0 Å². The van der Waals surface area contributed by atoms with Crippen LogP contribution in [0.5, 0.6) is 0 Å². The number of hydrogen-bond donors (Lipinski definition) is 1. The zero-order chi connectivity index (χ0) is 9.45. The van der Waals surface area contributed by atoms with Gasteiger partial charge in [-0.15, -0.1) is 11.6 Å². The molecule has 3 heteroatoms. The summed E-state index contributed by atoms with van der Waals surface area (Å²) in [4.78, 5) is 0. The highest BCUT2D eigenvalue weighted by Crippen LogP contribution is 2.16. The van der Waals surface area contributed by atoms with Crippen molar-refractivity contribution in [3.63, 3.8) is 0 Å². The molecule has 74 valence electrons. The van der Waals surface area contributed by atoms with Gasteiger partial charge in [-0.05, 0) is 19.1 Å². The van der Waals surface area contributed by atoms with Gasteiger partial charge in [0.25, 0.3) is 0 Å². The van der Waals surface area contributed by atoms with Gasteiger partial charge < -0.3 is 5.32 Å². The van der Waals surface area contributed by atoms with Crippen LogP contribution in [0, 0.1) is 0 Å². The van der Waals surface area contributed by atoms with E-state index in [1.165, 1.54) is 5.75 Å². The summed E-state index contributed by atoms with van der Waals surface area (Å²) < 4.78 is 0. The SMILES string of the molecule is CCC(CC)(CCl)NCCSC. The van der Waals surface area contributed by atoms with E-state index in [-0.39, 0.29) is 5.54 Å². The molecule has 1 N–H and O–H groups in total. The van der Waals surface area contributed by atoms with Crippen molar-refractivity contribution in [2.45, 2.75) is 32.2 Å². The Morgan fingerprint density at radius 2 is 1.92 bits per heavy atom. The first-order valence-electron chi connectivity index (χ1n) is 4.54. The van der Waals surface area contributed by atoms with Crippen LogP contribution in [-0.2, 0) is 0 Å². The minimum atomic E-state index is 0.178. The number of rotatable bonds is 7. The van der Waals surface area contributed by atoms with Crippen LogP contribution in [0.25, 0.3) is 0 Å². The van der Waals surface area contributed by atoms with E-state index in [0.29, 0.717) is 5.88 Å². The Bertz CT molecular complexity index is 96.4. The Balaban J connectivity index is 3.76. The van der Waals surface area contributed by atoms with E-state index >= 15 is 0 Å². The molecule has 0 amide bonds. The van der Waals surface area contributed by atoms with Gasteiger partial charge in [-0.2, -0.15) is 11.8 Å². The Morgan fingerprint density at radius 1 is 1.33 bits per heavy atom. The Hall–Kier alpha value is 0.600. The molecule has 0 saturated carbocycles. The fourth-order valence-corrected chi connectivity index (χ4v) is 1.93. The molecule has 0 radical (unpaired) electrons.